The molecule has 20 heavy (non-hydrogen) atoms. The van der Waals surface area contributed by atoms with Crippen LogP contribution in [0.4, 0.5) is 4.79 Å². The summed E-state index contributed by atoms with van der Waals surface area (Å²) in [5, 5.41) is 11.6. The minimum atomic E-state index is -0.919. The van der Waals surface area contributed by atoms with Gasteiger partial charge in [0.1, 0.15) is 5.70 Å². The van der Waals surface area contributed by atoms with Crippen molar-refractivity contribution in [1.82, 2.24) is 10.2 Å². The summed E-state index contributed by atoms with van der Waals surface area (Å²) in [6, 6.07) is -0.224. The molecule has 0 saturated carbocycles. The highest BCUT2D eigenvalue weighted by Crippen LogP contribution is 2.39. The zero-order valence-electron chi connectivity index (χ0n) is 11.3. The number of hydrogen-bond acceptors (Lipinski definition) is 4. The lowest BCUT2D eigenvalue weighted by atomic mass is 9.95. The molecule has 7 heteroatoms. The maximum Gasteiger partial charge on any atom is 0.407 e. The predicted octanol–water partition coefficient (Wildman–Crippen LogP) is 0.854. The summed E-state index contributed by atoms with van der Waals surface area (Å²) in [5.74, 6) is -0.558. The summed E-state index contributed by atoms with van der Waals surface area (Å²) in [6.07, 6.45) is 2.05. The van der Waals surface area contributed by atoms with Crippen molar-refractivity contribution >= 4 is 18.5 Å². The van der Waals surface area contributed by atoms with Gasteiger partial charge in [-0.1, -0.05) is 0 Å². The molecule has 0 aromatic rings. The van der Waals surface area contributed by atoms with Crippen LogP contribution in [0, 0.1) is 0 Å². The van der Waals surface area contributed by atoms with E-state index in [1.165, 1.54) is 4.90 Å². The number of amides is 2. The van der Waals surface area contributed by atoms with Crippen molar-refractivity contribution in [2.45, 2.75) is 44.7 Å². The molecule has 2 saturated heterocycles. The highest BCUT2D eigenvalue weighted by atomic mass is 16.5. The lowest BCUT2D eigenvalue weighted by molar-refractivity contribution is -0.139. The number of hydrogen-bond donors (Lipinski definition) is 2. The van der Waals surface area contributed by atoms with E-state index in [4.69, 9.17) is 4.74 Å². The van der Waals surface area contributed by atoms with Crippen LogP contribution in [0.25, 0.3) is 0 Å². The van der Waals surface area contributed by atoms with E-state index in [1.807, 2.05) is 0 Å². The summed E-state index contributed by atoms with van der Waals surface area (Å²) < 4.78 is 4.93. The third-order valence-corrected chi connectivity index (χ3v) is 3.84. The molecule has 2 heterocycles. The molecular formula is C13H18N2O5. The molecule has 0 aliphatic carbocycles. The molecule has 2 atom stereocenters. The first kappa shape index (κ1) is 14.4. The Bertz CT molecular complexity index is 444. The Balaban J connectivity index is 2.23. The van der Waals surface area contributed by atoms with E-state index in [0.29, 0.717) is 19.3 Å². The van der Waals surface area contributed by atoms with Gasteiger partial charge in [0.15, 0.2) is 0 Å². The molecule has 110 valence electrons. The fourth-order valence-corrected chi connectivity index (χ4v) is 3.10. The van der Waals surface area contributed by atoms with Gasteiger partial charge >= 0.3 is 12.1 Å². The Labute approximate surface area is 116 Å². The fourth-order valence-electron chi connectivity index (χ4n) is 3.10. The van der Waals surface area contributed by atoms with Crippen LogP contribution in [-0.2, 0) is 14.3 Å². The number of carbonyl (C=O) groups excluding carboxylic acids is 2. The molecule has 2 fully saturated rings. The highest BCUT2D eigenvalue weighted by Gasteiger charge is 2.42. The SMILES string of the molecule is CCOC(=O)C(NC=O)=C1CC2CCC(C1)N2C(=O)O. The van der Waals surface area contributed by atoms with E-state index in [-0.39, 0.29) is 24.4 Å². The van der Waals surface area contributed by atoms with Crippen LogP contribution in [0.15, 0.2) is 11.3 Å². The van der Waals surface area contributed by atoms with Gasteiger partial charge in [-0.25, -0.2) is 9.59 Å². The van der Waals surface area contributed by atoms with Crippen LogP contribution >= 0.6 is 0 Å². The van der Waals surface area contributed by atoms with Crippen molar-refractivity contribution in [3.63, 3.8) is 0 Å². The number of carbonyl (C=O) groups is 3. The van der Waals surface area contributed by atoms with Crippen LogP contribution in [0.2, 0.25) is 0 Å². The average molecular weight is 282 g/mol. The molecule has 0 spiro atoms. The lowest BCUT2D eigenvalue weighted by Crippen LogP contribution is -2.44. The molecule has 7 nitrogen and oxygen atoms in total. The first-order valence-corrected chi connectivity index (χ1v) is 6.69. The number of rotatable bonds is 4. The number of piperidine rings is 1. The maximum absolute atomic E-state index is 11.9. The van der Waals surface area contributed by atoms with E-state index in [2.05, 4.69) is 5.32 Å². The van der Waals surface area contributed by atoms with Crippen LogP contribution in [0.3, 0.4) is 0 Å². The van der Waals surface area contributed by atoms with Crippen molar-refractivity contribution in [2.24, 2.45) is 0 Å². The largest absolute Gasteiger partial charge is 0.465 e. The van der Waals surface area contributed by atoms with Gasteiger partial charge in [-0.3, -0.25) is 4.79 Å². The Hall–Kier alpha value is -2.05. The molecule has 0 aromatic heterocycles. The van der Waals surface area contributed by atoms with Gasteiger partial charge < -0.3 is 20.1 Å². The molecule has 2 aliphatic rings. The van der Waals surface area contributed by atoms with Gasteiger partial charge in [-0.05, 0) is 38.2 Å². The van der Waals surface area contributed by atoms with E-state index in [1.54, 1.807) is 6.92 Å². The molecule has 2 N–H and O–H groups in total. The third kappa shape index (κ3) is 2.61. The zero-order valence-corrected chi connectivity index (χ0v) is 11.3. The van der Waals surface area contributed by atoms with Gasteiger partial charge in [0.05, 0.1) is 6.61 Å². The third-order valence-electron chi connectivity index (χ3n) is 3.84. The summed E-state index contributed by atoms with van der Waals surface area (Å²) in [6.45, 7) is 1.92. The topological polar surface area (TPSA) is 95.9 Å². The second-order valence-electron chi connectivity index (χ2n) is 4.94. The molecule has 2 rings (SSSR count). The molecule has 2 aliphatic heterocycles. The van der Waals surface area contributed by atoms with Gasteiger partial charge in [-0.15, -0.1) is 0 Å². The van der Waals surface area contributed by atoms with E-state index in [0.717, 1.165) is 18.4 Å². The minimum absolute atomic E-state index is 0.112. The maximum atomic E-state index is 11.9. The number of ether oxygens (including phenoxy) is 1. The number of fused-ring (bicyclic) bond motifs is 2. The monoisotopic (exact) mass is 282 g/mol. The fraction of sp³-hybridized carbons (Fsp3) is 0.615. The standard InChI is InChI=1S/C13H18N2O5/c1-2-20-12(17)11(14-7-16)8-5-9-3-4-10(6-8)15(9)13(18)19/h7,9-10H,2-6H2,1H3,(H,14,16)(H,18,19). The van der Waals surface area contributed by atoms with Crippen molar-refractivity contribution < 1.29 is 24.2 Å². The zero-order chi connectivity index (χ0) is 14.7. The van der Waals surface area contributed by atoms with Crippen LogP contribution < -0.4 is 5.32 Å². The minimum Gasteiger partial charge on any atom is -0.465 e. The van der Waals surface area contributed by atoms with E-state index >= 15 is 0 Å². The predicted molar refractivity (Wildman–Crippen MR) is 68.8 cm³/mol. The Kier molecular flexibility index (Phi) is 4.26. The van der Waals surface area contributed by atoms with Crippen LogP contribution in [0.5, 0.6) is 0 Å². The number of nitrogens with zero attached hydrogens (tertiary/aromatic N) is 1. The van der Waals surface area contributed by atoms with E-state index in [9.17, 15) is 19.5 Å². The molecule has 0 aromatic carbocycles. The molecular weight excluding hydrogens is 264 g/mol. The first-order valence-electron chi connectivity index (χ1n) is 6.69. The number of carboxylic acid groups (broad SMARTS) is 1. The van der Waals surface area contributed by atoms with Crippen molar-refractivity contribution in [2.75, 3.05) is 6.61 Å². The van der Waals surface area contributed by atoms with Crippen molar-refractivity contribution in [3.05, 3.63) is 11.3 Å². The van der Waals surface area contributed by atoms with Gasteiger partial charge in [0.25, 0.3) is 0 Å². The van der Waals surface area contributed by atoms with Crippen molar-refractivity contribution in [3.8, 4) is 0 Å². The Morgan fingerprint density at radius 3 is 2.45 bits per heavy atom. The average Bonchev–Trinajstić information content (AvgIpc) is 2.67. The van der Waals surface area contributed by atoms with E-state index < -0.39 is 12.1 Å². The lowest BCUT2D eigenvalue weighted by Gasteiger charge is -2.34. The van der Waals surface area contributed by atoms with Crippen LogP contribution in [0.1, 0.15) is 32.6 Å². The van der Waals surface area contributed by atoms with Gasteiger partial charge in [-0.2, -0.15) is 0 Å². The molecule has 2 bridgehead atoms. The second kappa shape index (κ2) is 5.94. The number of esters is 1. The first-order chi connectivity index (χ1) is 9.58. The summed E-state index contributed by atoms with van der Waals surface area (Å²) in [5.41, 5.74) is 0.948. The quantitative estimate of drug-likeness (QED) is 0.453. The summed E-state index contributed by atoms with van der Waals surface area (Å²) in [7, 11) is 0. The van der Waals surface area contributed by atoms with Gasteiger partial charge in [0, 0.05) is 12.1 Å². The molecule has 2 unspecified atom stereocenters. The highest BCUT2D eigenvalue weighted by molar-refractivity contribution is 5.91. The second-order valence-corrected chi connectivity index (χ2v) is 4.94. The molecule has 2 amide bonds. The Morgan fingerprint density at radius 1 is 1.40 bits per heavy atom. The van der Waals surface area contributed by atoms with Crippen LogP contribution in [-0.4, -0.2) is 47.2 Å². The Morgan fingerprint density at radius 2 is 2.00 bits per heavy atom. The normalized spacial score (nSPS) is 24.2. The number of nitrogens with one attached hydrogen (secondary N) is 1. The summed E-state index contributed by atoms with van der Waals surface area (Å²) in [4.78, 5) is 35.2. The summed E-state index contributed by atoms with van der Waals surface area (Å²) >= 11 is 0. The van der Waals surface area contributed by atoms with Crippen molar-refractivity contribution in [1.29, 1.82) is 0 Å². The van der Waals surface area contributed by atoms with Gasteiger partial charge in [0.2, 0.25) is 6.41 Å². The molecule has 0 radical (unpaired) electrons. The smallest absolute Gasteiger partial charge is 0.407 e.